The summed E-state index contributed by atoms with van der Waals surface area (Å²) in [5.41, 5.74) is -1.94. The molecule has 1 saturated heterocycles. The van der Waals surface area contributed by atoms with Crippen LogP contribution in [-0.2, 0) is 14.3 Å². The molecule has 2 atom stereocenters. The molecule has 1 aliphatic rings. The number of hydrogen-bond donors (Lipinski definition) is 2. The smallest absolute Gasteiger partial charge is 0.413 e. The van der Waals surface area contributed by atoms with Crippen LogP contribution in [-0.4, -0.2) is 52.0 Å². The van der Waals surface area contributed by atoms with E-state index in [2.05, 4.69) is 5.32 Å². The fourth-order valence-electron chi connectivity index (χ4n) is 3.03. The molecule has 2 rings (SSSR count). The van der Waals surface area contributed by atoms with E-state index < -0.39 is 40.8 Å². The molecule has 1 fully saturated rings. The molecule has 0 aromatic heterocycles. The Morgan fingerprint density at radius 2 is 1.69 bits per heavy atom. The number of benzene rings is 1. The zero-order valence-corrected chi connectivity index (χ0v) is 18.0. The molecule has 0 radical (unpaired) electrons. The second kappa shape index (κ2) is 7.67. The predicted octanol–water partition coefficient (Wildman–Crippen LogP) is 3.72. The van der Waals surface area contributed by atoms with Gasteiger partial charge < -0.3 is 19.9 Å². The summed E-state index contributed by atoms with van der Waals surface area (Å²) < 4.78 is 11.4. The van der Waals surface area contributed by atoms with Gasteiger partial charge in [-0.15, -0.1) is 0 Å². The highest BCUT2D eigenvalue weighted by molar-refractivity contribution is 6.00. The Bertz CT molecular complexity index is 791. The molecular formula is C21H30N2O6. The molecular weight excluding hydrogens is 376 g/mol. The molecule has 0 saturated carbocycles. The lowest BCUT2D eigenvalue weighted by Gasteiger charge is -2.40. The summed E-state index contributed by atoms with van der Waals surface area (Å²) in [6.07, 6.45) is -1.28. The van der Waals surface area contributed by atoms with Gasteiger partial charge in [0, 0.05) is 11.1 Å². The van der Waals surface area contributed by atoms with E-state index in [0.29, 0.717) is 5.69 Å². The van der Waals surface area contributed by atoms with Gasteiger partial charge in [-0.2, -0.15) is 0 Å². The molecule has 1 aromatic carbocycles. The zero-order valence-electron chi connectivity index (χ0n) is 18.0. The Kier molecular flexibility index (Phi) is 5.99. The standard InChI is InChI=1S/C21H30N2O6/c1-19(2,3)17-23(18(27)29-20(4,5)6)21(7,12-28-17)16(26)22-14-10-8-13(9-11-14)15(24)25/h8-11,17H,12H2,1-7H3,(H,22,26)(H,24,25)/t17-,21+/m1/s1. The first-order valence-electron chi connectivity index (χ1n) is 9.44. The molecule has 160 valence electrons. The van der Waals surface area contributed by atoms with Gasteiger partial charge in [-0.1, -0.05) is 20.8 Å². The summed E-state index contributed by atoms with van der Waals surface area (Å²) in [6, 6.07) is 5.79. The van der Waals surface area contributed by atoms with E-state index in [1.807, 2.05) is 20.8 Å². The third-order valence-corrected chi connectivity index (χ3v) is 4.50. The van der Waals surface area contributed by atoms with Crippen LogP contribution >= 0.6 is 0 Å². The topological polar surface area (TPSA) is 105 Å². The van der Waals surface area contributed by atoms with Crippen molar-refractivity contribution in [3.05, 3.63) is 29.8 Å². The minimum atomic E-state index is -1.30. The number of carboxylic acid groups (broad SMARTS) is 1. The van der Waals surface area contributed by atoms with Crippen LogP contribution in [0.5, 0.6) is 0 Å². The lowest BCUT2D eigenvalue weighted by molar-refractivity contribution is -0.126. The van der Waals surface area contributed by atoms with Crippen molar-refractivity contribution in [3.8, 4) is 0 Å². The van der Waals surface area contributed by atoms with E-state index in [-0.39, 0.29) is 12.2 Å². The summed E-state index contributed by atoms with van der Waals surface area (Å²) in [5.74, 6) is -1.50. The number of carbonyl (C=O) groups excluding carboxylic acids is 2. The number of ether oxygens (including phenoxy) is 2. The van der Waals surface area contributed by atoms with E-state index in [4.69, 9.17) is 14.6 Å². The number of hydrogen-bond acceptors (Lipinski definition) is 5. The minimum Gasteiger partial charge on any atom is -0.478 e. The van der Waals surface area contributed by atoms with Gasteiger partial charge in [0.1, 0.15) is 17.4 Å². The van der Waals surface area contributed by atoms with Crippen molar-refractivity contribution < 1.29 is 29.0 Å². The van der Waals surface area contributed by atoms with Crippen LogP contribution < -0.4 is 5.32 Å². The van der Waals surface area contributed by atoms with Crippen LogP contribution in [0.15, 0.2) is 24.3 Å². The second-order valence-corrected chi connectivity index (χ2v) is 9.49. The van der Waals surface area contributed by atoms with E-state index in [1.165, 1.54) is 29.2 Å². The Morgan fingerprint density at radius 3 is 2.14 bits per heavy atom. The maximum atomic E-state index is 13.2. The molecule has 1 heterocycles. The molecule has 1 aliphatic heterocycles. The van der Waals surface area contributed by atoms with E-state index in [0.717, 1.165) is 0 Å². The molecule has 0 spiro atoms. The average molecular weight is 406 g/mol. The van der Waals surface area contributed by atoms with E-state index in [9.17, 15) is 14.4 Å². The van der Waals surface area contributed by atoms with Crippen LogP contribution in [0.3, 0.4) is 0 Å². The highest BCUT2D eigenvalue weighted by Gasteiger charge is 2.56. The quantitative estimate of drug-likeness (QED) is 0.793. The Balaban J connectivity index is 2.32. The second-order valence-electron chi connectivity index (χ2n) is 9.49. The molecule has 8 nitrogen and oxygen atoms in total. The number of aromatic carboxylic acids is 1. The molecule has 0 unspecified atom stereocenters. The van der Waals surface area contributed by atoms with Crippen molar-refractivity contribution in [3.63, 3.8) is 0 Å². The molecule has 2 N–H and O–H groups in total. The molecule has 1 aromatic rings. The summed E-state index contributed by atoms with van der Waals surface area (Å²) in [6.45, 7) is 12.7. The Morgan fingerprint density at radius 1 is 1.14 bits per heavy atom. The number of carboxylic acids is 1. The third-order valence-electron chi connectivity index (χ3n) is 4.50. The first-order chi connectivity index (χ1) is 13.1. The monoisotopic (exact) mass is 406 g/mol. The lowest BCUT2D eigenvalue weighted by atomic mass is 9.91. The lowest BCUT2D eigenvalue weighted by Crippen LogP contribution is -2.59. The first-order valence-corrected chi connectivity index (χ1v) is 9.44. The van der Waals surface area contributed by atoms with Gasteiger partial charge in [-0.25, -0.2) is 9.59 Å². The molecule has 0 aliphatic carbocycles. The van der Waals surface area contributed by atoms with Gasteiger partial charge in [0.25, 0.3) is 5.91 Å². The Hall–Kier alpha value is -2.61. The maximum Gasteiger partial charge on any atom is 0.413 e. The molecule has 0 bridgehead atoms. The number of amides is 2. The number of carbonyl (C=O) groups is 3. The van der Waals surface area contributed by atoms with Gasteiger partial charge in [0.15, 0.2) is 0 Å². The largest absolute Gasteiger partial charge is 0.478 e. The number of nitrogens with zero attached hydrogens (tertiary/aromatic N) is 1. The van der Waals surface area contributed by atoms with Crippen molar-refractivity contribution >= 4 is 23.7 Å². The van der Waals surface area contributed by atoms with Gasteiger partial charge in [0.05, 0.1) is 12.2 Å². The zero-order chi connectivity index (χ0) is 22.2. The molecule has 2 amide bonds. The normalized spacial score (nSPS) is 22.3. The third kappa shape index (κ3) is 5.06. The van der Waals surface area contributed by atoms with Crippen molar-refractivity contribution in [2.45, 2.75) is 65.8 Å². The maximum absolute atomic E-state index is 13.2. The van der Waals surface area contributed by atoms with Crippen molar-refractivity contribution in [1.29, 1.82) is 0 Å². The van der Waals surface area contributed by atoms with Crippen molar-refractivity contribution in [2.75, 3.05) is 11.9 Å². The van der Waals surface area contributed by atoms with Crippen LogP contribution in [0, 0.1) is 5.41 Å². The summed E-state index contributed by atoms with van der Waals surface area (Å²) in [5, 5.41) is 11.8. The highest BCUT2D eigenvalue weighted by atomic mass is 16.6. The van der Waals surface area contributed by atoms with Crippen LogP contribution in [0.25, 0.3) is 0 Å². The van der Waals surface area contributed by atoms with Crippen molar-refractivity contribution in [1.82, 2.24) is 4.90 Å². The van der Waals surface area contributed by atoms with Gasteiger partial charge in [-0.05, 0) is 52.0 Å². The Labute approximate surface area is 171 Å². The number of anilines is 1. The first kappa shape index (κ1) is 22.7. The van der Waals surface area contributed by atoms with Crippen LogP contribution in [0.2, 0.25) is 0 Å². The molecule has 8 heteroatoms. The average Bonchev–Trinajstić information content (AvgIpc) is 2.93. The minimum absolute atomic E-state index is 0.00717. The fourth-order valence-corrected chi connectivity index (χ4v) is 3.03. The summed E-state index contributed by atoms with van der Waals surface area (Å²) in [4.78, 5) is 38.5. The molecule has 29 heavy (non-hydrogen) atoms. The van der Waals surface area contributed by atoms with Crippen LogP contribution in [0.4, 0.5) is 10.5 Å². The predicted molar refractivity (Wildman–Crippen MR) is 108 cm³/mol. The summed E-state index contributed by atoms with van der Waals surface area (Å²) >= 11 is 0. The van der Waals surface area contributed by atoms with Crippen molar-refractivity contribution in [2.24, 2.45) is 5.41 Å². The highest BCUT2D eigenvalue weighted by Crippen LogP contribution is 2.38. The summed E-state index contributed by atoms with van der Waals surface area (Å²) in [7, 11) is 0. The number of nitrogens with one attached hydrogen (secondary N) is 1. The SMILES string of the molecule is CC(C)(C)OC(=O)N1[C@@H](C(C)(C)C)OC[C@@]1(C)C(=O)Nc1ccc(C(=O)O)cc1. The number of rotatable bonds is 3. The van der Waals surface area contributed by atoms with E-state index in [1.54, 1.807) is 27.7 Å². The fraction of sp³-hybridized carbons (Fsp3) is 0.571. The van der Waals surface area contributed by atoms with Gasteiger partial charge >= 0.3 is 12.1 Å². The van der Waals surface area contributed by atoms with Gasteiger partial charge in [0.2, 0.25) is 0 Å². The van der Waals surface area contributed by atoms with E-state index >= 15 is 0 Å². The van der Waals surface area contributed by atoms with Crippen LogP contribution in [0.1, 0.15) is 58.8 Å². The van der Waals surface area contributed by atoms with Gasteiger partial charge in [-0.3, -0.25) is 9.69 Å².